The summed E-state index contributed by atoms with van der Waals surface area (Å²) in [6, 6.07) is 95.5. The molecular weight excluding hydrogens is 1370 g/mol. The molecule has 0 saturated carbocycles. The van der Waals surface area contributed by atoms with Crippen LogP contribution in [0.3, 0.4) is 0 Å². The Morgan fingerprint density at radius 2 is 0.478 bits per heavy atom. The van der Waals surface area contributed by atoms with Crippen molar-refractivity contribution in [3.63, 3.8) is 0 Å². The molecule has 0 aliphatic carbocycles. The Hall–Kier alpha value is -11.5. The third-order valence-corrected chi connectivity index (χ3v) is 22.5. The van der Waals surface area contributed by atoms with Crippen LogP contribution in [-0.2, 0) is 28.2 Å². The molecule has 0 spiro atoms. The van der Waals surface area contributed by atoms with Crippen LogP contribution in [0.2, 0.25) is 0 Å². The molecule has 0 radical (unpaired) electrons. The largest absolute Gasteiger partial charge is 0.295 e. The molecule has 0 N–H and O–H groups in total. The van der Waals surface area contributed by atoms with Crippen molar-refractivity contribution in [2.45, 2.75) is 166 Å². The lowest BCUT2D eigenvalue weighted by molar-refractivity contribution is -0.634. The minimum absolute atomic E-state index is 0.444. The van der Waals surface area contributed by atoms with Crippen LogP contribution >= 0.6 is 0 Å². The van der Waals surface area contributed by atoms with Gasteiger partial charge in [0, 0.05) is 40.2 Å². The van der Waals surface area contributed by atoms with Gasteiger partial charge in [-0.3, -0.25) is 0 Å². The molecule has 0 amide bonds. The summed E-state index contributed by atoms with van der Waals surface area (Å²) in [5, 5.41) is 0. The van der Waals surface area contributed by atoms with Crippen molar-refractivity contribution in [2.75, 3.05) is 0 Å². The number of para-hydroxylation sites is 11. The van der Waals surface area contributed by atoms with Crippen molar-refractivity contribution < 1.29 is 25.1 Å². The summed E-state index contributed by atoms with van der Waals surface area (Å²) in [7, 11) is 8.51. The van der Waals surface area contributed by atoms with Crippen LogP contribution in [-0.4, -0.2) is 18.3 Å². The van der Waals surface area contributed by atoms with Gasteiger partial charge < -0.3 is 0 Å². The van der Waals surface area contributed by atoms with Gasteiger partial charge in [-0.2, -0.15) is 18.3 Å². The van der Waals surface area contributed by atoms with Crippen molar-refractivity contribution in [1.82, 2.24) is 18.3 Å². The Kier molecular flexibility index (Phi) is 21.9. The molecule has 12 aromatic carbocycles. The zero-order chi connectivity index (χ0) is 85.0. The number of aromatic nitrogens is 8. The predicted molar refractivity (Wildman–Crippen MR) is 477 cm³/mol. The Morgan fingerprint density at radius 3 is 0.761 bits per heavy atom. The fourth-order valence-electron chi connectivity index (χ4n) is 16.6. The number of fused-ring (bicyclic) bond motifs is 4. The monoisotopic (exact) mass is 1500 g/mol. The standard InChI is InChI=1S/C30H37N2.2C27H31N2.C21H19N2/c1-19(2)23-17-25(20(3)4)29(26(18-23)21(5)6)32-28-16-12-11-15-27(28)31(8)30(32)24-14-10-9-13-22(24)7;2*1-18(2)21-14-11-15-22(19(3)4)26(21)29-25-17-10-9-16-24(25)28(6)27(29)23-13-8-7-12-20(23)5;1-16-10-6-7-13-18(16)21-22(2)19-14-8-9-15-20(19)23(21)17-11-4-3-5-12-17/h9-21H,1-8H3;2*7-19H,1-6H3;3-15H,1-2H3/q4*+1/i19D,20D,21D;18D,19D;;. The molecule has 8 heteroatoms. The molecule has 4 aromatic heterocycles. The van der Waals surface area contributed by atoms with E-state index < -0.39 is 29.5 Å². The van der Waals surface area contributed by atoms with E-state index in [4.69, 9.17) is 6.85 Å². The molecule has 0 saturated heterocycles. The van der Waals surface area contributed by atoms with Gasteiger partial charge in [0.2, 0.25) is 0 Å². The van der Waals surface area contributed by atoms with Crippen molar-refractivity contribution in [3.8, 4) is 68.3 Å². The van der Waals surface area contributed by atoms with Crippen molar-refractivity contribution >= 4 is 44.1 Å². The second-order valence-corrected chi connectivity index (χ2v) is 32.1. The van der Waals surface area contributed by atoms with E-state index in [9.17, 15) is 0 Å². The van der Waals surface area contributed by atoms with Crippen LogP contribution < -0.4 is 18.3 Å². The molecule has 0 bridgehead atoms. The first-order valence-electron chi connectivity index (χ1n) is 42.6. The number of benzene rings is 12. The van der Waals surface area contributed by atoms with E-state index >= 15 is 0 Å². The average Bonchev–Trinajstić information content (AvgIpc) is 1.64. The summed E-state index contributed by atoms with van der Waals surface area (Å²) in [5.74, 6) is 1.04. The molecule has 113 heavy (non-hydrogen) atoms. The lowest BCUT2D eigenvalue weighted by Gasteiger charge is -2.21. The van der Waals surface area contributed by atoms with E-state index in [1.54, 1.807) is 0 Å². The third-order valence-electron chi connectivity index (χ3n) is 22.5. The first-order valence-corrected chi connectivity index (χ1v) is 40.1. The molecule has 574 valence electrons. The summed E-state index contributed by atoms with van der Waals surface area (Å²) in [4.78, 5) is 0. The van der Waals surface area contributed by atoms with Crippen molar-refractivity contribution in [3.05, 3.63) is 334 Å². The van der Waals surface area contributed by atoms with Gasteiger partial charge in [-0.15, -0.1) is 0 Å². The molecule has 0 fully saturated rings. The van der Waals surface area contributed by atoms with Crippen LogP contribution in [0.5, 0.6) is 0 Å². The lowest BCUT2D eigenvalue weighted by Crippen LogP contribution is -2.30. The van der Waals surface area contributed by atoms with E-state index in [0.29, 0.717) is 11.8 Å². The Balaban J connectivity index is 0.000000138. The molecule has 0 aliphatic rings. The second-order valence-electron chi connectivity index (χ2n) is 32.1. The number of hydrogen-bond donors (Lipinski definition) is 0. The van der Waals surface area contributed by atoms with E-state index in [-0.39, 0.29) is 0 Å². The molecule has 16 aromatic rings. The van der Waals surface area contributed by atoms with Gasteiger partial charge in [-0.05, 0) is 182 Å². The van der Waals surface area contributed by atoms with Gasteiger partial charge in [0.1, 0.15) is 22.7 Å². The second kappa shape index (κ2) is 33.8. The summed E-state index contributed by atoms with van der Waals surface area (Å²) in [6.45, 7) is 36.8. The number of nitrogens with zero attached hydrogens (tertiary/aromatic N) is 8. The number of imidazole rings is 4. The van der Waals surface area contributed by atoms with E-state index in [1.165, 1.54) is 84.0 Å². The van der Waals surface area contributed by atoms with Crippen LogP contribution in [0.25, 0.3) is 112 Å². The topological polar surface area (TPSA) is 35.2 Å². The summed E-state index contributed by atoms with van der Waals surface area (Å²) < 4.78 is 63.3. The predicted octanol–water partition coefficient (Wildman–Crippen LogP) is 25.6. The minimum Gasteiger partial charge on any atom is -0.225 e. The van der Waals surface area contributed by atoms with Gasteiger partial charge in [-0.25, -0.2) is 18.3 Å². The summed E-state index contributed by atoms with van der Waals surface area (Å²) in [5.41, 5.74) is 30.4. The van der Waals surface area contributed by atoms with Gasteiger partial charge in [-0.1, -0.05) is 285 Å². The third kappa shape index (κ3) is 15.3. The molecule has 0 atom stereocenters. The molecular formula is C105H118N8+4. The van der Waals surface area contributed by atoms with Crippen LogP contribution in [0.15, 0.2) is 273 Å². The average molecular weight is 1500 g/mol. The maximum Gasteiger partial charge on any atom is 0.295 e. The SMILES string of the molecule is Cc1ccccc1-c1n(-c2c(C(C)C)cccc2C(C)C)c2ccccc2[n+]1C.Cc1ccccc1-c1n(-c2ccccc2)c2ccccc2[n+]1C.[2H]C(C)(C)c1cc(C([2H])(C)C)c(-n2c(-c3ccccc3C)[n+](C)c3ccccc32)c(C([2H])(C)C)c1.[2H]C(C)(C)c1cccc(C([2H])(C)C)c1-n1c(-c2ccccc2C)[n+](C)c2ccccc21. The highest BCUT2D eigenvalue weighted by atomic mass is 15.2. The smallest absolute Gasteiger partial charge is 0.225 e. The maximum atomic E-state index is 9.16. The lowest BCUT2D eigenvalue weighted by atomic mass is 9.87. The van der Waals surface area contributed by atoms with E-state index in [0.717, 1.165) is 89.6 Å². The molecule has 16 rings (SSSR count). The number of rotatable bonds is 15. The molecule has 0 unspecified atom stereocenters. The highest BCUT2D eigenvalue weighted by molar-refractivity contribution is 5.85. The Morgan fingerprint density at radius 1 is 0.239 bits per heavy atom. The van der Waals surface area contributed by atoms with Crippen LogP contribution in [0, 0.1) is 27.7 Å². The van der Waals surface area contributed by atoms with Gasteiger partial charge >= 0.3 is 0 Å². The summed E-state index contributed by atoms with van der Waals surface area (Å²) >= 11 is 0. The Labute approximate surface area is 680 Å². The normalized spacial score (nSPS) is 12.8. The number of hydrogen-bond acceptors (Lipinski definition) is 0. The van der Waals surface area contributed by atoms with Crippen LogP contribution in [0.1, 0.15) is 206 Å². The highest BCUT2D eigenvalue weighted by Crippen LogP contribution is 2.43. The zero-order valence-corrected chi connectivity index (χ0v) is 70.7. The quantitative estimate of drug-likeness (QED) is 0.0917. The fraction of sp³-hybridized carbons (Fsp3) is 0.276. The molecule has 0 aliphatic heterocycles. The van der Waals surface area contributed by atoms with Gasteiger partial charge in [0.15, 0.2) is 44.1 Å². The first kappa shape index (κ1) is 73.0. The Bertz CT molecular complexity index is 6290. The molecule has 8 nitrogen and oxygen atoms in total. The maximum absolute atomic E-state index is 9.16. The summed E-state index contributed by atoms with van der Waals surface area (Å²) in [6.07, 6.45) is 0. The fourth-order valence-corrected chi connectivity index (χ4v) is 16.6. The van der Waals surface area contributed by atoms with E-state index in [1.807, 2.05) is 118 Å². The van der Waals surface area contributed by atoms with Crippen molar-refractivity contribution in [2.24, 2.45) is 28.2 Å². The van der Waals surface area contributed by atoms with Gasteiger partial charge in [0.25, 0.3) is 23.3 Å². The highest BCUT2D eigenvalue weighted by Gasteiger charge is 2.36. The van der Waals surface area contributed by atoms with Crippen LogP contribution in [0.4, 0.5) is 0 Å². The first-order chi connectivity index (χ1) is 55.8. The zero-order valence-electron chi connectivity index (χ0n) is 75.7. The minimum atomic E-state index is -0.941. The van der Waals surface area contributed by atoms with E-state index in [2.05, 4.69) is 345 Å². The molecule has 4 heterocycles. The number of aryl methyl sites for hydroxylation is 8. The van der Waals surface area contributed by atoms with Crippen molar-refractivity contribution in [1.29, 1.82) is 0 Å². The van der Waals surface area contributed by atoms with Gasteiger partial charge in [0.05, 0.1) is 50.4 Å².